The van der Waals surface area contributed by atoms with Crippen LogP contribution in [-0.2, 0) is 22.3 Å². The molecule has 1 aromatic carbocycles. The quantitative estimate of drug-likeness (QED) is 0.273. The highest BCUT2D eigenvalue weighted by Crippen LogP contribution is 2.36. The number of ether oxygens (including phenoxy) is 1. The Morgan fingerprint density at radius 2 is 2.03 bits per heavy atom. The number of benzene rings is 1. The summed E-state index contributed by atoms with van der Waals surface area (Å²) in [7, 11) is 0. The van der Waals surface area contributed by atoms with Gasteiger partial charge in [0.15, 0.2) is 0 Å². The Labute approximate surface area is 224 Å². The molecule has 1 saturated heterocycles. The van der Waals surface area contributed by atoms with E-state index in [1.54, 1.807) is 6.92 Å². The maximum Gasteiger partial charge on any atom is 0.417 e. The molecule has 37 heavy (non-hydrogen) atoms. The van der Waals surface area contributed by atoms with E-state index in [1.165, 1.54) is 18.5 Å². The van der Waals surface area contributed by atoms with Crippen LogP contribution in [0.5, 0.6) is 0 Å². The van der Waals surface area contributed by atoms with Gasteiger partial charge in [-0.25, -0.2) is 9.98 Å². The second kappa shape index (κ2) is 12.5. The topological polar surface area (TPSA) is 95.9 Å². The first-order valence-corrected chi connectivity index (χ1v) is 12.4. The highest BCUT2D eigenvalue weighted by atomic mass is 35.5. The Balaban J connectivity index is 1.64. The van der Waals surface area contributed by atoms with Crippen molar-refractivity contribution in [1.82, 2.24) is 15.2 Å². The van der Waals surface area contributed by atoms with Crippen molar-refractivity contribution < 1.29 is 27.5 Å². The predicted octanol–water partition coefficient (Wildman–Crippen LogP) is 5.07. The van der Waals surface area contributed by atoms with E-state index >= 15 is 0 Å². The summed E-state index contributed by atoms with van der Waals surface area (Å²) in [6.07, 6.45) is -2.05. The monoisotopic (exact) mass is 575 g/mol. The van der Waals surface area contributed by atoms with Crippen LogP contribution >= 0.6 is 34.5 Å². The lowest BCUT2D eigenvalue weighted by atomic mass is 10.2. The van der Waals surface area contributed by atoms with Gasteiger partial charge in [-0.3, -0.25) is 9.59 Å². The van der Waals surface area contributed by atoms with Crippen LogP contribution in [-0.4, -0.2) is 53.8 Å². The van der Waals surface area contributed by atoms with Crippen molar-refractivity contribution in [2.45, 2.75) is 19.6 Å². The van der Waals surface area contributed by atoms with Gasteiger partial charge in [-0.1, -0.05) is 29.8 Å². The minimum atomic E-state index is -4.66. The van der Waals surface area contributed by atoms with Gasteiger partial charge in [0.2, 0.25) is 5.91 Å². The maximum absolute atomic E-state index is 13.1. The van der Waals surface area contributed by atoms with E-state index in [9.17, 15) is 22.8 Å². The standard InChI is InChI=1S/C23H22Cl2F3N5O3S/c1-3-29-20(33-6-8-36-9-7-33)19(25)13(2)21(34)31-12-18-30-11-17(37-18)22(35)32-14-4-5-16(24)15(10-14)23(26,27)28/h3-5,10-11H,1,6-9,12H2,2H3,(H,31,34)(H,32,35)/b19-13-,29-20?. The Bertz CT molecular complexity index is 1240. The van der Waals surface area contributed by atoms with Gasteiger partial charge in [0.05, 0.1) is 41.6 Å². The van der Waals surface area contributed by atoms with Crippen LogP contribution in [0.4, 0.5) is 18.9 Å². The predicted molar refractivity (Wildman–Crippen MR) is 137 cm³/mol. The number of amidine groups is 1. The number of amides is 2. The zero-order valence-electron chi connectivity index (χ0n) is 19.5. The molecule has 2 amide bonds. The summed E-state index contributed by atoms with van der Waals surface area (Å²) in [5, 5.41) is 5.17. The normalized spacial score (nSPS) is 15.2. The summed E-state index contributed by atoms with van der Waals surface area (Å²) >= 11 is 13.1. The van der Waals surface area contributed by atoms with Crippen molar-refractivity contribution in [2.75, 3.05) is 31.6 Å². The molecule has 1 aliphatic rings. The molecule has 14 heteroatoms. The van der Waals surface area contributed by atoms with E-state index < -0.39 is 28.6 Å². The van der Waals surface area contributed by atoms with Crippen LogP contribution in [0, 0.1) is 0 Å². The number of hydrogen-bond donors (Lipinski definition) is 2. The number of alkyl halides is 3. The number of carbonyl (C=O) groups excluding carboxylic acids is 2. The van der Waals surface area contributed by atoms with Crippen LogP contribution in [0.2, 0.25) is 5.02 Å². The Morgan fingerprint density at radius 1 is 1.32 bits per heavy atom. The number of hydrogen-bond acceptors (Lipinski definition) is 6. The summed E-state index contributed by atoms with van der Waals surface area (Å²) in [4.78, 5) is 35.5. The second-order valence-electron chi connectivity index (χ2n) is 7.62. The lowest BCUT2D eigenvalue weighted by Crippen LogP contribution is -2.41. The number of rotatable bonds is 7. The number of aromatic nitrogens is 1. The molecule has 1 fully saturated rings. The molecule has 1 aromatic heterocycles. The molecule has 0 unspecified atom stereocenters. The summed E-state index contributed by atoms with van der Waals surface area (Å²) in [5.74, 6) is -0.700. The number of anilines is 1. The first kappa shape index (κ1) is 28.6. The molecule has 0 saturated carbocycles. The van der Waals surface area contributed by atoms with Gasteiger partial charge < -0.3 is 20.3 Å². The molecule has 0 bridgehead atoms. The van der Waals surface area contributed by atoms with E-state index in [-0.39, 0.29) is 27.7 Å². The van der Waals surface area contributed by atoms with Crippen LogP contribution in [0.15, 0.2) is 52.8 Å². The molecule has 1 aliphatic heterocycles. The fraction of sp³-hybridized carbons (Fsp3) is 0.304. The molecular weight excluding hydrogens is 554 g/mol. The third-order valence-electron chi connectivity index (χ3n) is 5.10. The number of carbonyl (C=O) groups is 2. The van der Waals surface area contributed by atoms with Crippen molar-refractivity contribution in [3.8, 4) is 0 Å². The van der Waals surface area contributed by atoms with Crippen LogP contribution in [0.3, 0.4) is 0 Å². The average Bonchev–Trinajstić information content (AvgIpc) is 3.35. The Morgan fingerprint density at radius 3 is 2.68 bits per heavy atom. The van der Waals surface area contributed by atoms with E-state index in [2.05, 4.69) is 27.2 Å². The number of aliphatic imine (C=N–C) groups is 1. The summed E-state index contributed by atoms with van der Waals surface area (Å²) in [5.41, 5.74) is -0.902. The van der Waals surface area contributed by atoms with Crippen LogP contribution in [0.1, 0.15) is 27.2 Å². The molecule has 2 heterocycles. The Kier molecular flexibility index (Phi) is 9.71. The van der Waals surface area contributed by atoms with Gasteiger partial charge >= 0.3 is 6.18 Å². The first-order valence-electron chi connectivity index (χ1n) is 10.8. The van der Waals surface area contributed by atoms with Crippen molar-refractivity contribution in [3.63, 3.8) is 0 Å². The molecule has 0 aliphatic carbocycles. The highest BCUT2D eigenvalue weighted by molar-refractivity contribution is 7.13. The third kappa shape index (κ3) is 7.54. The molecule has 0 atom stereocenters. The summed E-state index contributed by atoms with van der Waals surface area (Å²) in [6.45, 7) is 7.30. The number of halogens is 5. The average molecular weight is 576 g/mol. The number of nitrogens with zero attached hydrogens (tertiary/aromatic N) is 3. The van der Waals surface area contributed by atoms with Gasteiger partial charge in [0.1, 0.15) is 15.7 Å². The van der Waals surface area contributed by atoms with E-state index in [1.807, 2.05) is 4.90 Å². The van der Waals surface area contributed by atoms with Gasteiger partial charge in [-0.05, 0) is 25.1 Å². The zero-order valence-corrected chi connectivity index (χ0v) is 21.8. The van der Waals surface area contributed by atoms with Crippen molar-refractivity contribution in [3.05, 3.63) is 68.3 Å². The van der Waals surface area contributed by atoms with Gasteiger partial charge in [0, 0.05) is 30.5 Å². The third-order valence-corrected chi connectivity index (χ3v) is 6.88. The second-order valence-corrected chi connectivity index (χ2v) is 9.52. The van der Waals surface area contributed by atoms with Gasteiger partial charge in [-0.15, -0.1) is 11.3 Å². The largest absolute Gasteiger partial charge is 0.417 e. The molecule has 8 nitrogen and oxygen atoms in total. The van der Waals surface area contributed by atoms with Gasteiger partial charge in [-0.2, -0.15) is 13.2 Å². The van der Waals surface area contributed by atoms with Crippen LogP contribution in [0.25, 0.3) is 0 Å². The zero-order chi connectivity index (χ0) is 27.2. The molecule has 2 aromatic rings. The first-order chi connectivity index (χ1) is 17.5. The number of morpholine rings is 1. The summed E-state index contributed by atoms with van der Waals surface area (Å²) < 4.78 is 44.5. The Hall–Kier alpha value is -2.93. The molecule has 0 spiro atoms. The van der Waals surface area contributed by atoms with Crippen molar-refractivity contribution >= 4 is 57.9 Å². The minimum absolute atomic E-state index is 0.00292. The van der Waals surface area contributed by atoms with Crippen LogP contribution < -0.4 is 10.6 Å². The molecule has 0 radical (unpaired) electrons. The minimum Gasteiger partial charge on any atom is -0.378 e. The highest BCUT2D eigenvalue weighted by Gasteiger charge is 2.33. The van der Waals surface area contributed by atoms with E-state index in [0.717, 1.165) is 23.5 Å². The molecule has 3 rings (SSSR count). The smallest absolute Gasteiger partial charge is 0.378 e. The molecular formula is C23H22Cl2F3N5O3S. The maximum atomic E-state index is 13.1. The SMILES string of the molecule is C=CN=C(/C(Cl)=C(\C)C(=O)NCc1ncc(C(=O)Nc2ccc(Cl)c(C(F)(F)F)c2)s1)N1CCOCC1. The number of thiazole rings is 1. The van der Waals surface area contributed by atoms with Crippen molar-refractivity contribution in [1.29, 1.82) is 0 Å². The van der Waals surface area contributed by atoms with Crippen molar-refractivity contribution in [2.24, 2.45) is 4.99 Å². The summed E-state index contributed by atoms with van der Waals surface area (Å²) in [6, 6.07) is 3.07. The fourth-order valence-electron chi connectivity index (χ4n) is 3.20. The molecule has 2 N–H and O–H groups in total. The van der Waals surface area contributed by atoms with Gasteiger partial charge in [0.25, 0.3) is 5.91 Å². The lowest BCUT2D eigenvalue weighted by molar-refractivity contribution is -0.137. The van der Waals surface area contributed by atoms with E-state index in [0.29, 0.717) is 37.1 Å². The fourth-order valence-corrected chi connectivity index (χ4v) is 4.44. The molecule has 198 valence electrons. The lowest BCUT2D eigenvalue weighted by Gasteiger charge is -2.29. The van der Waals surface area contributed by atoms with E-state index in [4.69, 9.17) is 27.9 Å². The number of nitrogens with one attached hydrogen (secondary N) is 2.